The number of carbonyl (C=O) groups excluding carboxylic acids is 1. The van der Waals surface area contributed by atoms with Crippen LogP contribution in [0.4, 0.5) is 4.79 Å². The Morgan fingerprint density at radius 1 is 1.33 bits per heavy atom. The summed E-state index contributed by atoms with van der Waals surface area (Å²) in [4.78, 5) is 24.3. The highest BCUT2D eigenvalue weighted by Crippen LogP contribution is 2.42. The molecule has 2 aromatic rings. The number of aromatic nitrogens is 4. The van der Waals surface area contributed by atoms with Crippen molar-refractivity contribution < 1.29 is 4.79 Å². The maximum atomic E-state index is 12.7. The van der Waals surface area contributed by atoms with Gasteiger partial charge < -0.3 is 10.2 Å². The fraction of sp³-hybridized carbons (Fsp3) is 0.625. The molecular formula is C16H22N6OS. The van der Waals surface area contributed by atoms with Crippen LogP contribution in [-0.2, 0) is 0 Å². The zero-order valence-corrected chi connectivity index (χ0v) is 14.6. The highest BCUT2D eigenvalue weighted by Gasteiger charge is 2.36. The largest absolute Gasteiger partial charge is 0.328 e. The molecule has 24 heavy (non-hydrogen) atoms. The van der Waals surface area contributed by atoms with Gasteiger partial charge in [0.05, 0.1) is 12.1 Å². The van der Waals surface area contributed by atoms with Crippen LogP contribution in [0.3, 0.4) is 0 Å². The molecule has 0 spiro atoms. The van der Waals surface area contributed by atoms with E-state index < -0.39 is 0 Å². The number of thiazole rings is 1. The van der Waals surface area contributed by atoms with Gasteiger partial charge in [-0.2, -0.15) is 5.10 Å². The Morgan fingerprint density at radius 3 is 2.71 bits per heavy atom. The van der Waals surface area contributed by atoms with Crippen molar-refractivity contribution in [3.05, 3.63) is 28.7 Å². The van der Waals surface area contributed by atoms with Crippen molar-refractivity contribution in [2.24, 2.45) is 5.92 Å². The molecule has 1 aliphatic heterocycles. The lowest BCUT2D eigenvalue weighted by Gasteiger charge is -2.33. The molecule has 0 aromatic carbocycles. The summed E-state index contributed by atoms with van der Waals surface area (Å²) in [7, 11) is 0. The fourth-order valence-electron chi connectivity index (χ4n) is 3.29. The van der Waals surface area contributed by atoms with Crippen LogP contribution in [0, 0.1) is 12.8 Å². The summed E-state index contributed by atoms with van der Waals surface area (Å²) in [5, 5.41) is 8.48. The molecule has 2 amide bonds. The minimum absolute atomic E-state index is 0.0387. The molecule has 1 saturated carbocycles. The van der Waals surface area contributed by atoms with E-state index in [0.29, 0.717) is 12.0 Å². The third-order valence-electron chi connectivity index (χ3n) is 4.84. The van der Waals surface area contributed by atoms with E-state index in [4.69, 9.17) is 0 Å². The van der Waals surface area contributed by atoms with Gasteiger partial charge in [0, 0.05) is 24.2 Å². The molecule has 0 bridgehead atoms. The van der Waals surface area contributed by atoms with Crippen molar-refractivity contribution >= 4 is 17.4 Å². The second-order valence-electron chi connectivity index (χ2n) is 6.67. The molecule has 3 heterocycles. The SMILES string of the molecule is Cc1cnc([C@H](NC(=O)N2CCC(n3cncn3)CC2)C2CC2)s1. The van der Waals surface area contributed by atoms with Crippen LogP contribution < -0.4 is 5.32 Å². The van der Waals surface area contributed by atoms with Gasteiger partial charge in [0.25, 0.3) is 0 Å². The number of aryl methyl sites for hydroxylation is 1. The maximum Gasteiger partial charge on any atom is 0.317 e. The van der Waals surface area contributed by atoms with Gasteiger partial charge in [-0.3, -0.25) is 0 Å². The standard InChI is InChI=1S/C16H22N6OS/c1-11-8-18-15(24-11)14(12-2-3-12)20-16(23)21-6-4-13(5-7-21)22-10-17-9-19-22/h8-10,12-14H,2-7H2,1H3,(H,20,23)/t14-/m1/s1. The number of piperidine rings is 1. The Hall–Kier alpha value is -1.96. The van der Waals surface area contributed by atoms with Crippen LogP contribution in [0.2, 0.25) is 0 Å². The Morgan fingerprint density at radius 2 is 2.12 bits per heavy atom. The number of nitrogens with zero attached hydrogens (tertiary/aromatic N) is 5. The first-order valence-electron chi connectivity index (χ1n) is 8.52. The third-order valence-corrected chi connectivity index (χ3v) is 5.84. The fourth-order valence-corrected chi connectivity index (χ4v) is 4.21. The van der Waals surface area contributed by atoms with Crippen LogP contribution in [0.5, 0.6) is 0 Å². The van der Waals surface area contributed by atoms with Gasteiger partial charge in [0.15, 0.2) is 0 Å². The van der Waals surface area contributed by atoms with E-state index in [0.717, 1.165) is 30.9 Å². The molecule has 4 rings (SSSR count). The lowest BCUT2D eigenvalue weighted by atomic mass is 10.1. The summed E-state index contributed by atoms with van der Waals surface area (Å²) >= 11 is 1.69. The molecule has 0 radical (unpaired) electrons. The van der Waals surface area contributed by atoms with Crippen molar-refractivity contribution in [2.45, 2.75) is 44.7 Å². The van der Waals surface area contributed by atoms with E-state index in [1.165, 1.54) is 17.7 Å². The molecule has 128 valence electrons. The van der Waals surface area contributed by atoms with Crippen molar-refractivity contribution in [3.8, 4) is 0 Å². The molecule has 1 atom stereocenters. The van der Waals surface area contributed by atoms with E-state index in [1.54, 1.807) is 24.0 Å². The number of hydrogen-bond donors (Lipinski definition) is 1. The summed E-state index contributed by atoms with van der Waals surface area (Å²) in [6.45, 7) is 3.57. The minimum atomic E-state index is 0.0387. The monoisotopic (exact) mass is 346 g/mol. The molecule has 0 unspecified atom stereocenters. The smallest absolute Gasteiger partial charge is 0.317 e. The van der Waals surface area contributed by atoms with Crippen molar-refractivity contribution in [2.75, 3.05) is 13.1 Å². The summed E-state index contributed by atoms with van der Waals surface area (Å²) in [5.41, 5.74) is 0. The van der Waals surface area contributed by atoms with Gasteiger partial charge in [0.2, 0.25) is 0 Å². The van der Waals surface area contributed by atoms with Crippen LogP contribution in [0.25, 0.3) is 0 Å². The van der Waals surface area contributed by atoms with E-state index in [9.17, 15) is 4.79 Å². The topological polar surface area (TPSA) is 75.9 Å². The van der Waals surface area contributed by atoms with E-state index in [1.807, 2.05) is 15.8 Å². The van der Waals surface area contributed by atoms with Crippen LogP contribution in [0.1, 0.15) is 47.7 Å². The number of urea groups is 1. The molecule has 2 aromatic heterocycles. The molecule has 1 aliphatic carbocycles. The van der Waals surface area contributed by atoms with Crippen molar-refractivity contribution in [1.82, 2.24) is 30.0 Å². The van der Waals surface area contributed by atoms with E-state index >= 15 is 0 Å². The molecule has 1 N–H and O–H groups in total. The first-order chi connectivity index (χ1) is 11.7. The summed E-state index contributed by atoms with van der Waals surface area (Å²) in [6.07, 6.45) is 9.41. The molecule has 8 heteroatoms. The van der Waals surface area contributed by atoms with E-state index in [2.05, 4.69) is 27.3 Å². The molecular weight excluding hydrogens is 324 g/mol. The van der Waals surface area contributed by atoms with Crippen LogP contribution >= 0.6 is 11.3 Å². The first kappa shape index (κ1) is 15.6. The van der Waals surface area contributed by atoms with Gasteiger partial charge in [-0.1, -0.05) is 0 Å². The average Bonchev–Trinajstić information content (AvgIpc) is 3.10. The Bertz CT molecular complexity index is 687. The van der Waals surface area contributed by atoms with Gasteiger partial charge in [-0.15, -0.1) is 11.3 Å². The Kier molecular flexibility index (Phi) is 4.22. The van der Waals surface area contributed by atoms with Crippen LogP contribution in [-0.4, -0.2) is 43.8 Å². The number of amides is 2. The number of rotatable bonds is 4. The molecule has 1 saturated heterocycles. The molecule has 7 nitrogen and oxygen atoms in total. The Labute approximate surface area is 145 Å². The third kappa shape index (κ3) is 3.28. The van der Waals surface area contributed by atoms with Gasteiger partial charge >= 0.3 is 6.03 Å². The zero-order chi connectivity index (χ0) is 16.5. The summed E-state index contributed by atoms with van der Waals surface area (Å²) in [5.74, 6) is 0.548. The number of nitrogens with one attached hydrogen (secondary N) is 1. The van der Waals surface area contributed by atoms with Crippen molar-refractivity contribution in [1.29, 1.82) is 0 Å². The number of carbonyl (C=O) groups is 1. The predicted octanol–water partition coefficient (Wildman–Crippen LogP) is 2.54. The quantitative estimate of drug-likeness (QED) is 0.923. The van der Waals surface area contributed by atoms with E-state index in [-0.39, 0.29) is 12.1 Å². The summed E-state index contributed by atoms with van der Waals surface area (Å²) < 4.78 is 1.90. The van der Waals surface area contributed by atoms with Gasteiger partial charge in [0.1, 0.15) is 17.7 Å². The van der Waals surface area contributed by atoms with Gasteiger partial charge in [-0.05, 0) is 38.5 Å². The average molecular weight is 346 g/mol. The maximum absolute atomic E-state index is 12.7. The zero-order valence-electron chi connectivity index (χ0n) is 13.8. The number of likely N-dealkylation sites (tertiary alicyclic amines) is 1. The molecule has 2 aliphatic rings. The second-order valence-corrected chi connectivity index (χ2v) is 7.93. The predicted molar refractivity (Wildman–Crippen MR) is 90.7 cm³/mol. The molecule has 2 fully saturated rings. The highest BCUT2D eigenvalue weighted by atomic mass is 32.1. The first-order valence-corrected chi connectivity index (χ1v) is 9.34. The van der Waals surface area contributed by atoms with Crippen LogP contribution in [0.15, 0.2) is 18.9 Å². The van der Waals surface area contributed by atoms with Gasteiger partial charge in [-0.25, -0.2) is 19.4 Å². The highest BCUT2D eigenvalue weighted by molar-refractivity contribution is 7.11. The second kappa shape index (κ2) is 6.51. The lowest BCUT2D eigenvalue weighted by Crippen LogP contribution is -2.46. The normalized spacial score (nSPS) is 20.1. The minimum Gasteiger partial charge on any atom is -0.328 e. The number of hydrogen-bond acceptors (Lipinski definition) is 5. The lowest BCUT2D eigenvalue weighted by molar-refractivity contribution is 0.164. The summed E-state index contributed by atoms with van der Waals surface area (Å²) in [6, 6.07) is 0.457. The Balaban J connectivity index is 1.36. The van der Waals surface area contributed by atoms with Crippen molar-refractivity contribution in [3.63, 3.8) is 0 Å².